The van der Waals surface area contributed by atoms with Crippen molar-refractivity contribution >= 4 is 35.0 Å². The fourth-order valence-corrected chi connectivity index (χ4v) is 7.07. The lowest BCUT2D eigenvalue weighted by atomic mass is 9.67. The van der Waals surface area contributed by atoms with E-state index in [0.717, 1.165) is 51.2 Å². The van der Waals surface area contributed by atoms with Crippen molar-refractivity contribution in [2.24, 2.45) is 17.8 Å². The van der Waals surface area contributed by atoms with Crippen LogP contribution in [0.4, 0.5) is 17.1 Å². The Labute approximate surface area is 265 Å². The molecule has 0 aromatic heterocycles. The zero-order valence-corrected chi connectivity index (χ0v) is 26.6. The number of allylic oxidation sites excluding steroid dienone is 2. The zero-order valence-electron chi connectivity index (χ0n) is 26.6. The van der Waals surface area contributed by atoms with Gasteiger partial charge in [0.25, 0.3) is 0 Å². The molecular weight excluding hydrogens is 564 g/mol. The summed E-state index contributed by atoms with van der Waals surface area (Å²) >= 11 is 0. The van der Waals surface area contributed by atoms with Crippen LogP contribution in [0.1, 0.15) is 62.6 Å². The number of nitrogens with zero attached hydrogens (tertiary/aromatic N) is 1. The largest absolute Gasteiger partial charge is 0.507 e. The number of phenols is 1. The van der Waals surface area contributed by atoms with Gasteiger partial charge in [-0.05, 0) is 117 Å². The number of anilines is 3. The van der Waals surface area contributed by atoms with Gasteiger partial charge in [-0.1, -0.05) is 49.3 Å². The molecular formula is C38H44N2O5. The van der Waals surface area contributed by atoms with Crippen LogP contribution < -0.4 is 10.2 Å². The first kappa shape index (κ1) is 32.2. The van der Waals surface area contributed by atoms with Gasteiger partial charge in [0.1, 0.15) is 5.75 Å². The van der Waals surface area contributed by atoms with Crippen LogP contribution in [0.5, 0.6) is 5.75 Å². The van der Waals surface area contributed by atoms with Crippen LogP contribution in [0.25, 0.3) is 6.08 Å². The maximum absolute atomic E-state index is 13.9. The second kappa shape index (κ2) is 13.8. The molecule has 4 atom stereocenters. The molecule has 5 rings (SSSR count). The molecule has 1 aliphatic heterocycles. The van der Waals surface area contributed by atoms with Gasteiger partial charge in [0.2, 0.25) is 11.8 Å². The summed E-state index contributed by atoms with van der Waals surface area (Å²) in [4.78, 5) is 28.9. The second-order valence-electron chi connectivity index (χ2n) is 12.3. The number of rotatable bonds is 11. The van der Waals surface area contributed by atoms with Crippen molar-refractivity contribution < 1.29 is 24.9 Å². The Hall–Kier alpha value is -4.20. The number of amides is 2. The van der Waals surface area contributed by atoms with Gasteiger partial charge in [-0.3, -0.25) is 14.5 Å². The zero-order chi connectivity index (χ0) is 32.2. The van der Waals surface area contributed by atoms with Crippen molar-refractivity contribution in [3.05, 3.63) is 100 Å². The van der Waals surface area contributed by atoms with Crippen molar-refractivity contribution in [2.75, 3.05) is 16.8 Å². The highest BCUT2D eigenvalue weighted by Gasteiger charge is 2.55. The van der Waals surface area contributed by atoms with Crippen LogP contribution in [-0.2, 0) is 9.59 Å². The Morgan fingerprint density at radius 3 is 2.22 bits per heavy atom. The second-order valence-corrected chi connectivity index (χ2v) is 12.3. The highest BCUT2D eigenvalue weighted by Crippen LogP contribution is 2.48. The number of para-hydroxylation sites is 1. The molecule has 2 aliphatic rings. The Kier molecular flexibility index (Phi) is 9.90. The number of phenolic OH excluding ortho intramolecular Hbond substituents is 1. The first-order chi connectivity index (χ1) is 21.7. The summed E-state index contributed by atoms with van der Waals surface area (Å²) in [7, 11) is 0. The molecule has 3 aromatic carbocycles. The monoisotopic (exact) mass is 608 g/mol. The number of aromatic hydroxyl groups is 1. The lowest BCUT2D eigenvalue weighted by Crippen LogP contribution is -2.39. The molecule has 7 heteroatoms. The standard InChI is InChI=1S/C38H44N2O5/c1-5-25(20-26-18-23(3)36(43)24(4)19-26)12-17-33(42)34-27(6-2)21-31-35(32(34)22-41)38(45)40(37(31)44)30-15-13-29(14-16-30)39-28-10-8-7-9-11-28/h7-11,13-16,18-20,31-33,35,39,41-43H,5-6,12,17,21-22H2,1-4H3/b25-20+/t31-,32+,33-,35-/m1/s1. The average molecular weight is 609 g/mol. The van der Waals surface area contributed by atoms with Gasteiger partial charge in [-0.2, -0.15) is 0 Å². The number of carbonyl (C=O) groups is 2. The molecule has 1 saturated heterocycles. The van der Waals surface area contributed by atoms with E-state index in [-0.39, 0.29) is 18.4 Å². The number of fused-ring (bicyclic) bond motifs is 1. The Balaban J connectivity index is 1.34. The fraction of sp³-hybridized carbons (Fsp3) is 0.368. The molecule has 0 spiro atoms. The number of benzene rings is 3. The number of carbonyl (C=O) groups excluding carboxylic acids is 2. The van der Waals surface area contributed by atoms with Crippen molar-refractivity contribution in [2.45, 2.75) is 65.9 Å². The van der Waals surface area contributed by atoms with E-state index in [1.165, 1.54) is 4.90 Å². The minimum Gasteiger partial charge on any atom is -0.507 e. The first-order valence-electron chi connectivity index (χ1n) is 16.0. The van der Waals surface area contributed by atoms with Gasteiger partial charge in [-0.15, -0.1) is 0 Å². The molecule has 0 unspecified atom stereocenters. The number of aliphatic hydroxyl groups is 2. The van der Waals surface area contributed by atoms with Gasteiger partial charge < -0.3 is 20.6 Å². The molecule has 0 radical (unpaired) electrons. The first-order valence-corrected chi connectivity index (χ1v) is 16.0. The van der Waals surface area contributed by atoms with Crippen LogP contribution in [0.15, 0.2) is 83.4 Å². The SMILES string of the molecule is CCC1=C([C@H](O)CC/C(=C/c2cc(C)c(O)c(C)c2)CC)[C@H](CO)[C@@H]2C(=O)N(c3ccc(Nc4ccccc4)cc3)C(=O)[C@@H]2C1. The third-order valence-electron chi connectivity index (χ3n) is 9.43. The number of nitrogens with one attached hydrogen (secondary N) is 1. The number of imide groups is 1. The molecule has 4 N–H and O–H groups in total. The Morgan fingerprint density at radius 2 is 1.62 bits per heavy atom. The van der Waals surface area contributed by atoms with Crippen molar-refractivity contribution in [3.8, 4) is 5.75 Å². The number of hydrogen-bond acceptors (Lipinski definition) is 6. The molecule has 0 bridgehead atoms. The van der Waals surface area contributed by atoms with E-state index < -0.39 is 23.9 Å². The van der Waals surface area contributed by atoms with E-state index in [1.54, 1.807) is 12.1 Å². The molecule has 1 fully saturated rings. The quantitative estimate of drug-likeness (QED) is 0.135. The van der Waals surface area contributed by atoms with Crippen LogP contribution in [-0.4, -0.2) is 39.8 Å². The lowest BCUT2D eigenvalue weighted by Gasteiger charge is -2.36. The van der Waals surface area contributed by atoms with Crippen molar-refractivity contribution in [3.63, 3.8) is 0 Å². The van der Waals surface area contributed by atoms with E-state index >= 15 is 0 Å². The van der Waals surface area contributed by atoms with E-state index in [4.69, 9.17) is 0 Å². The van der Waals surface area contributed by atoms with E-state index in [1.807, 2.05) is 75.4 Å². The van der Waals surface area contributed by atoms with Gasteiger partial charge in [-0.25, -0.2) is 0 Å². The van der Waals surface area contributed by atoms with E-state index in [0.29, 0.717) is 37.1 Å². The van der Waals surface area contributed by atoms with Crippen molar-refractivity contribution in [1.29, 1.82) is 0 Å². The predicted octanol–water partition coefficient (Wildman–Crippen LogP) is 7.21. The number of hydrogen-bond donors (Lipinski definition) is 4. The smallest absolute Gasteiger partial charge is 0.238 e. The molecule has 7 nitrogen and oxygen atoms in total. The average Bonchev–Trinajstić information content (AvgIpc) is 3.30. The molecule has 1 heterocycles. The van der Waals surface area contributed by atoms with Gasteiger partial charge in [0, 0.05) is 17.3 Å². The van der Waals surface area contributed by atoms with Gasteiger partial charge in [0.05, 0.1) is 30.2 Å². The summed E-state index contributed by atoms with van der Waals surface area (Å²) in [6.45, 7) is 7.53. The highest BCUT2D eigenvalue weighted by molar-refractivity contribution is 6.22. The third kappa shape index (κ3) is 6.60. The van der Waals surface area contributed by atoms with Gasteiger partial charge in [0.15, 0.2) is 0 Å². The lowest BCUT2D eigenvalue weighted by molar-refractivity contribution is -0.123. The van der Waals surface area contributed by atoms with Crippen LogP contribution in [0.2, 0.25) is 0 Å². The minimum atomic E-state index is -0.836. The molecule has 236 valence electrons. The van der Waals surface area contributed by atoms with Crippen LogP contribution in [0, 0.1) is 31.6 Å². The summed E-state index contributed by atoms with van der Waals surface area (Å²) in [6.07, 6.45) is 4.21. The summed E-state index contributed by atoms with van der Waals surface area (Å²) in [5, 5.41) is 35.7. The van der Waals surface area contributed by atoms with E-state index in [9.17, 15) is 24.9 Å². The normalized spacial score (nSPS) is 20.9. The molecule has 3 aromatic rings. The third-order valence-corrected chi connectivity index (χ3v) is 9.43. The maximum atomic E-state index is 13.9. The van der Waals surface area contributed by atoms with Gasteiger partial charge >= 0.3 is 0 Å². The van der Waals surface area contributed by atoms with Crippen molar-refractivity contribution in [1.82, 2.24) is 0 Å². The molecule has 2 amide bonds. The summed E-state index contributed by atoms with van der Waals surface area (Å²) in [6, 6.07) is 20.9. The predicted molar refractivity (Wildman–Crippen MR) is 179 cm³/mol. The molecule has 0 saturated carbocycles. The molecule has 1 aliphatic carbocycles. The number of aryl methyl sites for hydroxylation is 2. The summed E-state index contributed by atoms with van der Waals surface area (Å²) in [5.41, 5.74) is 7.78. The highest BCUT2D eigenvalue weighted by atomic mass is 16.3. The minimum absolute atomic E-state index is 0.248. The van der Waals surface area contributed by atoms with E-state index in [2.05, 4.69) is 18.3 Å². The Bertz CT molecular complexity index is 1590. The topological polar surface area (TPSA) is 110 Å². The summed E-state index contributed by atoms with van der Waals surface area (Å²) in [5.74, 6) is -2.16. The number of aliphatic hydroxyl groups excluding tert-OH is 2. The van der Waals surface area contributed by atoms with Crippen LogP contribution >= 0.6 is 0 Å². The fourth-order valence-electron chi connectivity index (χ4n) is 7.07. The molecule has 45 heavy (non-hydrogen) atoms. The maximum Gasteiger partial charge on any atom is 0.238 e. The summed E-state index contributed by atoms with van der Waals surface area (Å²) < 4.78 is 0. The van der Waals surface area contributed by atoms with Crippen LogP contribution in [0.3, 0.4) is 0 Å². The Morgan fingerprint density at radius 1 is 0.978 bits per heavy atom.